The highest BCUT2D eigenvalue weighted by atomic mass is 32.2. The summed E-state index contributed by atoms with van der Waals surface area (Å²) in [5.74, 6) is 0.158. The fourth-order valence-corrected chi connectivity index (χ4v) is 4.01. The maximum Gasteiger partial charge on any atom is 0.343 e. The smallest absolute Gasteiger partial charge is 0.343 e. The van der Waals surface area contributed by atoms with Crippen LogP contribution in [-0.4, -0.2) is 62.4 Å². The first-order valence-electron chi connectivity index (χ1n) is 9.05. The van der Waals surface area contributed by atoms with Crippen molar-refractivity contribution in [2.75, 3.05) is 36.8 Å². The number of carbonyl (C=O) groups excluding carboxylic acids is 1. The standard InChI is InChI=1S/C17H22N6O4S/c1-2-7-22-16(25)18-19-17(22)28-12-15(24)21-10-8-20(9-11-21)13-5-3-4-6-14(13)23(26)27/h3-6H,2,7-12H2,1H3,(H,18,25). The number of nitro benzene ring substituents is 1. The van der Waals surface area contributed by atoms with E-state index in [0.717, 1.165) is 6.42 Å². The minimum Gasteiger partial charge on any atom is -0.362 e. The molecule has 1 amide bonds. The number of hydrogen-bond donors (Lipinski definition) is 1. The molecule has 28 heavy (non-hydrogen) atoms. The van der Waals surface area contributed by atoms with Crippen LogP contribution >= 0.6 is 11.8 Å². The zero-order valence-corrected chi connectivity index (χ0v) is 16.4. The lowest BCUT2D eigenvalue weighted by Gasteiger charge is -2.35. The Balaban J connectivity index is 1.56. The monoisotopic (exact) mass is 406 g/mol. The number of benzene rings is 1. The molecule has 3 rings (SSSR count). The molecule has 1 aromatic heterocycles. The Morgan fingerprint density at radius 1 is 1.29 bits per heavy atom. The zero-order valence-electron chi connectivity index (χ0n) is 15.5. The van der Waals surface area contributed by atoms with E-state index >= 15 is 0 Å². The highest BCUT2D eigenvalue weighted by Gasteiger charge is 2.25. The molecule has 0 spiro atoms. The van der Waals surface area contributed by atoms with Gasteiger partial charge < -0.3 is 9.80 Å². The summed E-state index contributed by atoms with van der Waals surface area (Å²) < 4.78 is 1.53. The van der Waals surface area contributed by atoms with Crippen molar-refractivity contribution in [2.24, 2.45) is 0 Å². The molecule has 11 heteroatoms. The Hall–Kier alpha value is -2.82. The lowest BCUT2D eigenvalue weighted by atomic mass is 10.2. The second-order valence-electron chi connectivity index (χ2n) is 6.37. The van der Waals surface area contributed by atoms with E-state index in [4.69, 9.17) is 0 Å². The van der Waals surface area contributed by atoms with E-state index in [9.17, 15) is 19.7 Å². The van der Waals surface area contributed by atoms with Crippen LogP contribution in [0.4, 0.5) is 11.4 Å². The quantitative estimate of drug-likeness (QED) is 0.419. The fourth-order valence-electron chi connectivity index (χ4n) is 3.13. The van der Waals surface area contributed by atoms with Crippen LogP contribution in [0.25, 0.3) is 0 Å². The summed E-state index contributed by atoms with van der Waals surface area (Å²) in [6, 6.07) is 6.64. The first kappa shape index (κ1) is 19.9. The second-order valence-corrected chi connectivity index (χ2v) is 7.31. The molecule has 1 saturated heterocycles. The summed E-state index contributed by atoms with van der Waals surface area (Å²) in [5, 5.41) is 18.1. The number of piperazine rings is 1. The van der Waals surface area contributed by atoms with Crippen LogP contribution in [0.3, 0.4) is 0 Å². The highest BCUT2D eigenvalue weighted by Crippen LogP contribution is 2.28. The van der Waals surface area contributed by atoms with Gasteiger partial charge in [-0.05, 0) is 12.5 Å². The number of amides is 1. The number of thioether (sulfide) groups is 1. The third kappa shape index (κ3) is 4.35. The predicted octanol–water partition coefficient (Wildman–Crippen LogP) is 1.33. The van der Waals surface area contributed by atoms with Gasteiger partial charge in [-0.2, -0.15) is 0 Å². The second kappa shape index (κ2) is 8.91. The predicted molar refractivity (Wildman–Crippen MR) is 106 cm³/mol. The molecule has 1 aromatic carbocycles. The van der Waals surface area contributed by atoms with Gasteiger partial charge in [0.15, 0.2) is 5.16 Å². The number of nitrogens with one attached hydrogen (secondary N) is 1. The summed E-state index contributed by atoms with van der Waals surface area (Å²) >= 11 is 1.24. The summed E-state index contributed by atoms with van der Waals surface area (Å²) in [5.41, 5.74) is 0.384. The molecule has 0 unspecified atom stereocenters. The number of rotatable bonds is 7. The van der Waals surface area contributed by atoms with Crippen LogP contribution < -0.4 is 10.6 Å². The van der Waals surface area contributed by atoms with Gasteiger partial charge in [-0.25, -0.2) is 9.89 Å². The summed E-state index contributed by atoms with van der Waals surface area (Å²) in [6.07, 6.45) is 0.800. The number of carbonyl (C=O) groups is 1. The number of para-hydroxylation sites is 2. The van der Waals surface area contributed by atoms with Gasteiger partial charge in [0, 0.05) is 38.8 Å². The van der Waals surface area contributed by atoms with Gasteiger partial charge in [0.05, 0.1) is 10.7 Å². The first-order chi connectivity index (χ1) is 13.5. The minimum atomic E-state index is -0.386. The van der Waals surface area contributed by atoms with Gasteiger partial charge in [-0.3, -0.25) is 19.5 Å². The van der Waals surface area contributed by atoms with E-state index in [2.05, 4.69) is 10.2 Å². The van der Waals surface area contributed by atoms with Crippen LogP contribution in [0.15, 0.2) is 34.2 Å². The normalized spacial score (nSPS) is 14.3. The van der Waals surface area contributed by atoms with Gasteiger partial charge in [-0.1, -0.05) is 30.8 Å². The molecule has 0 aliphatic carbocycles. The van der Waals surface area contributed by atoms with Crippen LogP contribution in [0.5, 0.6) is 0 Å². The lowest BCUT2D eigenvalue weighted by Crippen LogP contribution is -2.49. The number of nitro groups is 1. The van der Waals surface area contributed by atoms with Crippen molar-refractivity contribution in [1.29, 1.82) is 0 Å². The average molecular weight is 406 g/mol. The molecule has 150 valence electrons. The Morgan fingerprint density at radius 3 is 2.68 bits per heavy atom. The molecule has 10 nitrogen and oxygen atoms in total. The van der Waals surface area contributed by atoms with Crippen molar-refractivity contribution < 1.29 is 9.72 Å². The number of H-pyrrole nitrogens is 1. The Kier molecular flexibility index (Phi) is 6.34. The topological polar surface area (TPSA) is 117 Å². The Bertz CT molecular complexity index is 903. The van der Waals surface area contributed by atoms with Crippen molar-refractivity contribution in [2.45, 2.75) is 25.0 Å². The molecular formula is C17H22N6O4S. The van der Waals surface area contributed by atoms with Gasteiger partial charge >= 0.3 is 5.69 Å². The lowest BCUT2D eigenvalue weighted by molar-refractivity contribution is -0.384. The van der Waals surface area contributed by atoms with Crippen molar-refractivity contribution in [1.82, 2.24) is 19.7 Å². The third-order valence-corrected chi connectivity index (χ3v) is 5.51. The minimum absolute atomic E-state index is 0.0364. The molecule has 1 N–H and O–H groups in total. The number of nitrogens with zero attached hydrogens (tertiary/aromatic N) is 5. The van der Waals surface area contributed by atoms with Crippen molar-refractivity contribution in [3.05, 3.63) is 44.9 Å². The first-order valence-corrected chi connectivity index (χ1v) is 10.0. The Morgan fingerprint density at radius 2 is 2.00 bits per heavy atom. The van der Waals surface area contributed by atoms with E-state index in [1.807, 2.05) is 11.8 Å². The van der Waals surface area contributed by atoms with Gasteiger partial charge in [-0.15, -0.1) is 5.10 Å². The van der Waals surface area contributed by atoms with Crippen molar-refractivity contribution in [3.8, 4) is 0 Å². The van der Waals surface area contributed by atoms with Gasteiger partial charge in [0.25, 0.3) is 5.69 Å². The molecule has 0 radical (unpaired) electrons. The zero-order chi connectivity index (χ0) is 20.1. The van der Waals surface area contributed by atoms with Crippen molar-refractivity contribution in [3.63, 3.8) is 0 Å². The van der Waals surface area contributed by atoms with E-state index in [-0.39, 0.29) is 28.0 Å². The number of aromatic nitrogens is 3. The SMILES string of the molecule is CCCn1c(SCC(=O)N2CCN(c3ccccc3[N+](=O)[O-])CC2)n[nH]c1=O. The molecule has 0 atom stereocenters. The van der Waals surface area contributed by atoms with E-state index in [1.54, 1.807) is 23.1 Å². The third-order valence-electron chi connectivity index (χ3n) is 4.55. The molecule has 1 fully saturated rings. The van der Waals surface area contributed by atoms with E-state index in [1.165, 1.54) is 22.4 Å². The molecule has 1 aliphatic rings. The summed E-state index contributed by atoms with van der Waals surface area (Å²) in [7, 11) is 0. The molecule has 0 saturated carbocycles. The average Bonchev–Trinajstić information content (AvgIpc) is 3.06. The molecule has 2 aromatic rings. The van der Waals surface area contributed by atoms with Crippen LogP contribution in [0.1, 0.15) is 13.3 Å². The maximum absolute atomic E-state index is 12.5. The molecule has 2 heterocycles. The van der Waals surface area contributed by atoms with Crippen molar-refractivity contribution >= 4 is 29.0 Å². The molecular weight excluding hydrogens is 384 g/mol. The molecule has 0 bridgehead atoms. The van der Waals surface area contributed by atoms with Crippen LogP contribution in [0, 0.1) is 10.1 Å². The van der Waals surface area contributed by atoms with Gasteiger partial charge in [0.2, 0.25) is 5.91 Å². The van der Waals surface area contributed by atoms with Crippen LogP contribution in [0.2, 0.25) is 0 Å². The number of aromatic amines is 1. The van der Waals surface area contributed by atoms with E-state index < -0.39 is 0 Å². The fraction of sp³-hybridized carbons (Fsp3) is 0.471. The largest absolute Gasteiger partial charge is 0.362 e. The molecule has 1 aliphatic heterocycles. The van der Waals surface area contributed by atoms with Gasteiger partial charge in [0.1, 0.15) is 5.69 Å². The Labute approximate surface area is 165 Å². The number of hydrogen-bond acceptors (Lipinski definition) is 7. The summed E-state index contributed by atoms with van der Waals surface area (Å²) in [6.45, 7) is 4.58. The van der Waals surface area contributed by atoms with E-state index in [0.29, 0.717) is 43.6 Å². The number of anilines is 1. The maximum atomic E-state index is 12.5. The summed E-state index contributed by atoms with van der Waals surface area (Å²) in [4.78, 5) is 38.7. The highest BCUT2D eigenvalue weighted by molar-refractivity contribution is 7.99. The van der Waals surface area contributed by atoms with Crippen LogP contribution in [-0.2, 0) is 11.3 Å².